The van der Waals surface area contributed by atoms with E-state index >= 15 is 0 Å². The molecule has 4 aromatic rings. The van der Waals surface area contributed by atoms with Crippen LogP contribution >= 0.6 is 0 Å². The van der Waals surface area contributed by atoms with Crippen LogP contribution in [0.5, 0.6) is 5.75 Å². The molecule has 0 N–H and O–H groups in total. The van der Waals surface area contributed by atoms with Crippen molar-refractivity contribution in [1.29, 1.82) is 0 Å². The minimum atomic E-state index is -0.844. The van der Waals surface area contributed by atoms with Crippen LogP contribution in [0.2, 0.25) is 0 Å². The molecule has 0 aromatic heterocycles. The van der Waals surface area contributed by atoms with Gasteiger partial charge in [-0.1, -0.05) is 48.2 Å². The highest BCUT2D eigenvalue weighted by atomic mass is 19.2. The van der Waals surface area contributed by atoms with Crippen LogP contribution < -0.4 is 4.74 Å². The van der Waals surface area contributed by atoms with Gasteiger partial charge in [0.05, 0.1) is 7.11 Å². The van der Waals surface area contributed by atoms with Crippen LogP contribution in [-0.4, -0.2) is 7.11 Å². The zero-order chi connectivity index (χ0) is 19.5. The summed E-state index contributed by atoms with van der Waals surface area (Å²) < 4.78 is 32.3. The van der Waals surface area contributed by atoms with Crippen molar-refractivity contribution in [1.82, 2.24) is 0 Å². The average molecular weight is 370 g/mol. The molecule has 0 atom stereocenters. The van der Waals surface area contributed by atoms with Gasteiger partial charge >= 0.3 is 0 Å². The first-order valence-corrected chi connectivity index (χ1v) is 8.78. The Labute approximate surface area is 162 Å². The van der Waals surface area contributed by atoms with Gasteiger partial charge in [-0.2, -0.15) is 0 Å². The Balaban J connectivity index is 1.57. The van der Waals surface area contributed by atoms with E-state index in [2.05, 4.69) is 11.8 Å². The Morgan fingerprint density at radius 2 is 1.29 bits per heavy atom. The van der Waals surface area contributed by atoms with Crippen LogP contribution in [0, 0.1) is 23.5 Å². The fourth-order valence-electron chi connectivity index (χ4n) is 3.02. The number of ether oxygens (including phenoxy) is 1. The molecule has 28 heavy (non-hydrogen) atoms. The maximum atomic E-state index is 13.8. The van der Waals surface area contributed by atoms with E-state index in [9.17, 15) is 8.78 Å². The van der Waals surface area contributed by atoms with Gasteiger partial charge in [-0.25, -0.2) is 8.78 Å². The summed E-state index contributed by atoms with van der Waals surface area (Å²) in [5, 5.41) is 0.884. The number of halogens is 2. The first kappa shape index (κ1) is 17.8. The fourth-order valence-corrected chi connectivity index (χ4v) is 3.02. The molecule has 0 amide bonds. The maximum Gasteiger partial charge on any atom is 0.166 e. The van der Waals surface area contributed by atoms with Gasteiger partial charge in [0.1, 0.15) is 5.75 Å². The Morgan fingerprint density at radius 1 is 0.679 bits per heavy atom. The first-order valence-electron chi connectivity index (χ1n) is 8.78. The van der Waals surface area contributed by atoms with Crippen LogP contribution in [-0.2, 0) is 0 Å². The third-order valence-corrected chi connectivity index (χ3v) is 4.57. The standard InChI is InChI=1S/C25H16F2O/c1-28-22-12-9-20(10-13-22)19-7-4-17(5-8-19)2-3-18-6-14-23-21(16-18)11-15-24(26)25(23)27/h4-16H,1H3. The van der Waals surface area contributed by atoms with Crippen molar-refractivity contribution in [3.05, 3.63) is 102 Å². The molecular formula is C25H16F2O. The van der Waals surface area contributed by atoms with Gasteiger partial charge < -0.3 is 4.74 Å². The minimum absolute atomic E-state index is 0.259. The third kappa shape index (κ3) is 3.58. The summed E-state index contributed by atoms with van der Waals surface area (Å²) in [7, 11) is 1.65. The van der Waals surface area contributed by atoms with Gasteiger partial charge in [0.15, 0.2) is 11.6 Å². The molecular weight excluding hydrogens is 354 g/mol. The second kappa shape index (κ2) is 7.54. The van der Waals surface area contributed by atoms with Crippen molar-refractivity contribution in [2.24, 2.45) is 0 Å². The Bertz CT molecular complexity index is 1200. The lowest BCUT2D eigenvalue weighted by molar-refractivity contribution is 0.415. The molecule has 0 fully saturated rings. The highest BCUT2D eigenvalue weighted by Crippen LogP contribution is 2.23. The molecule has 4 rings (SSSR count). The van der Waals surface area contributed by atoms with E-state index < -0.39 is 11.6 Å². The number of hydrogen-bond acceptors (Lipinski definition) is 1. The number of rotatable bonds is 2. The van der Waals surface area contributed by atoms with Crippen LogP contribution in [0.4, 0.5) is 8.78 Å². The van der Waals surface area contributed by atoms with E-state index in [0.29, 0.717) is 5.39 Å². The van der Waals surface area contributed by atoms with Gasteiger partial charge in [-0.05, 0) is 59.0 Å². The van der Waals surface area contributed by atoms with E-state index in [0.717, 1.165) is 34.1 Å². The molecule has 1 nitrogen and oxygen atoms in total. The summed E-state index contributed by atoms with van der Waals surface area (Å²) in [6.45, 7) is 0. The molecule has 0 aliphatic rings. The smallest absolute Gasteiger partial charge is 0.166 e. The largest absolute Gasteiger partial charge is 0.497 e. The quantitative estimate of drug-likeness (QED) is 0.382. The zero-order valence-corrected chi connectivity index (χ0v) is 15.2. The maximum absolute atomic E-state index is 13.8. The normalized spacial score (nSPS) is 10.4. The third-order valence-electron chi connectivity index (χ3n) is 4.57. The monoisotopic (exact) mass is 370 g/mol. The zero-order valence-electron chi connectivity index (χ0n) is 15.2. The molecule has 0 bridgehead atoms. The van der Waals surface area contributed by atoms with Crippen molar-refractivity contribution in [2.75, 3.05) is 7.11 Å². The molecule has 0 saturated carbocycles. The lowest BCUT2D eigenvalue weighted by Crippen LogP contribution is -1.86. The SMILES string of the molecule is COc1ccc(-c2ccc(C#Cc3ccc4c(F)c(F)ccc4c3)cc2)cc1. The van der Waals surface area contributed by atoms with Crippen LogP contribution in [0.1, 0.15) is 11.1 Å². The molecule has 0 saturated heterocycles. The van der Waals surface area contributed by atoms with Crippen molar-refractivity contribution < 1.29 is 13.5 Å². The molecule has 4 aromatic carbocycles. The topological polar surface area (TPSA) is 9.23 Å². The van der Waals surface area contributed by atoms with Crippen molar-refractivity contribution in [3.63, 3.8) is 0 Å². The van der Waals surface area contributed by atoms with Gasteiger partial charge in [-0.15, -0.1) is 0 Å². The summed E-state index contributed by atoms with van der Waals surface area (Å²) in [6, 6.07) is 23.5. The second-order valence-corrected chi connectivity index (χ2v) is 6.35. The average Bonchev–Trinajstić information content (AvgIpc) is 2.75. The summed E-state index contributed by atoms with van der Waals surface area (Å²) in [5.74, 6) is 5.34. The number of methoxy groups -OCH3 is 1. The van der Waals surface area contributed by atoms with E-state index in [-0.39, 0.29) is 5.39 Å². The summed E-state index contributed by atoms with van der Waals surface area (Å²) in [5.41, 5.74) is 3.82. The van der Waals surface area contributed by atoms with Crippen molar-refractivity contribution in [2.45, 2.75) is 0 Å². The number of benzene rings is 4. The van der Waals surface area contributed by atoms with E-state index in [1.54, 1.807) is 31.4 Å². The summed E-state index contributed by atoms with van der Waals surface area (Å²) >= 11 is 0. The lowest BCUT2D eigenvalue weighted by atomic mass is 10.0. The molecule has 0 heterocycles. The van der Waals surface area contributed by atoms with E-state index in [1.165, 1.54) is 0 Å². The number of hydrogen-bond donors (Lipinski definition) is 0. The minimum Gasteiger partial charge on any atom is -0.497 e. The Hall–Kier alpha value is -3.64. The van der Waals surface area contributed by atoms with Crippen LogP contribution in [0.3, 0.4) is 0 Å². The van der Waals surface area contributed by atoms with Crippen molar-refractivity contribution in [3.8, 4) is 28.7 Å². The predicted molar refractivity (Wildman–Crippen MR) is 108 cm³/mol. The highest BCUT2D eigenvalue weighted by Gasteiger charge is 2.06. The second-order valence-electron chi connectivity index (χ2n) is 6.35. The summed E-state index contributed by atoms with van der Waals surface area (Å²) in [6.07, 6.45) is 0. The van der Waals surface area contributed by atoms with Gasteiger partial charge in [0.25, 0.3) is 0 Å². The lowest BCUT2D eigenvalue weighted by Gasteiger charge is -2.04. The van der Waals surface area contributed by atoms with Gasteiger partial charge in [0, 0.05) is 16.5 Å². The fraction of sp³-hybridized carbons (Fsp3) is 0.0400. The Kier molecular flexibility index (Phi) is 4.78. The van der Waals surface area contributed by atoms with E-state index in [1.807, 2.05) is 48.5 Å². The van der Waals surface area contributed by atoms with Gasteiger partial charge in [-0.3, -0.25) is 0 Å². The highest BCUT2D eigenvalue weighted by molar-refractivity contribution is 5.84. The molecule has 136 valence electrons. The molecule has 0 unspecified atom stereocenters. The number of fused-ring (bicyclic) bond motifs is 1. The predicted octanol–water partition coefficient (Wildman–Crippen LogP) is 6.19. The molecule has 0 spiro atoms. The molecule has 3 heteroatoms. The van der Waals surface area contributed by atoms with E-state index in [4.69, 9.17) is 4.74 Å². The van der Waals surface area contributed by atoms with Gasteiger partial charge in [0.2, 0.25) is 0 Å². The Morgan fingerprint density at radius 3 is 1.96 bits per heavy atom. The molecule has 0 aliphatic carbocycles. The summed E-state index contributed by atoms with van der Waals surface area (Å²) in [4.78, 5) is 0. The molecule has 0 aliphatic heterocycles. The first-order chi connectivity index (χ1) is 13.6. The van der Waals surface area contributed by atoms with Crippen LogP contribution in [0.25, 0.3) is 21.9 Å². The van der Waals surface area contributed by atoms with Crippen molar-refractivity contribution >= 4 is 10.8 Å². The molecule has 0 radical (unpaired) electrons. The van der Waals surface area contributed by atoms with Crippen LogP contribution in [0.15, 0.2) is 78.9 Å².